The van der Waals surface area contributed by atoms with Gasteiger partial charge >= 0.3 is 0 Å². The second-order valence-electron chi connectivity index (χ2n) is 5.15. The number of fused-ring (bicyclic) bond motifs is 2. The fourth-order valence-electron chi connectivity index (χ4n) is 2.59. The molecule has 0 radical (unpaired) electrons. The second kappa shape index (κ2) is 5.78. The molecular formula is C16H14BrNOS2. The summed E-state index contributed by atoms with van der Waals surface area (Å²) >= 11 is 7.78. The topological polar surface area (TPSA) is 26.0 Å². The van der Waals surface area contributed by atoms with Crippen molar-refractivity contribution < 1.29 is 4.42 Å². The highest BCUT2D eigenvalue weighted by molar-refractivity contribution is 9.09. The highest BCUT2D eigenvalue weighted by atomic mass is 79.9. The van der Waals surface area contributed by atoms with Crippen LogP contribution in [0, 0.1) is 0 Å². The second-order valence-corrected chi connectivity index (χ2v) is 8.53. The van der Waals surface area contributed by atoms with E-state index in [1.807, 2.05) is 47.4 Å². The van der Waals surface area contributed by atoms with Gasteiger partial charge in [-0.2, -0.15) is 11.8 Å². The summed E-state index contributed by atoms with van der Waals surface area (Å²) in [4.78, 5) is 7.80. The molecule has 3 aromatic rings. The van der Waals surface area contributed by atoms with E-state index in [1.54, 1.807) is 4.88 Å². The number of oxazole rings is 1. The van der Waals surface area contributed by atoms with E-state index in [9.17, 15) is 0 Å². The molecule has 0 saturated heterocycles. The Morgan fingerprint density at radius 2 is 2.24 bits per heavy atom. The Kier molecular flexibility index (Phi) is 3.81. The molecule has 0 fully saturated rings. The molecular weight excluding hydrogens is 366 g/mol. The average molecular weight is 380 g/mol. The highest BCUT2D eigenvalue weighted by Crippen LogP contribution is 2.38. The summed E-state index contributed by atoms with van der Waals surface area (Å²) in [7, 11) is 0. The van der Waals surface area contributed by atoms with Gasteiger partial charge < -0.3 is 4.42 Å². The minimum atomic E-state index is 0.283. The molecule has 5 heteroatoms. The lowest BCUT2D eigenvalue weighted by Gasteiger charge is -2.08. The van der Waals surface area contributed by atoms with Crippen molar-refractivity contribution in [3.8, 4) is 0 Å². The van der Waals surface area contributed by atoms with E-state index in [0.29, 0.717) is 0 Å². The molecule has 0 amide bonds. The number of aryl methyl sites for hydroxylation is 1. The number of hydrogen-bond donors (Lipinski definition) is 0. The summed E-state index contributed by atoms with van der Waals surface area (Å²) in [6, 6.07) is 10.3. The van der Waals surface area contributed by atoms with Gasteiger partial charge in [0.25, 0.3) is 0 Å². The van der Waals surface area contributed by atoms with Crippen molar-refractivity contribution in [3.05, 3.63) is 51.5 Å². The van der Waals surface area contributed by atoms with E-state index in [2.05, 4.69) is 27.0 Å². The summed E-state index contributed by atoms with van der Waals surface area (Å²) in [6.45, 7) is 0. The van der Waals surface area contributed by atoms with Gasteiger partial charge in [-0.25, -0.2) is 4.98 Å². The largest absolute Gasteiger partial charge is 0.441 e. The molecule has 2 nitrogen and oxygen atoms in total. The lowest BCUT2D eigenvalue weighted by Crippen LogP contribution is -1.96. The summed E-state index contributed by atoms with van der Waals surface area (Å²) < 4.78 is 5.82. The normalized spacial score (nSPS) is 16.0. The molecule has 108 valence electrons. The maximum absolute atomic E-state index is 5.82. The fraction of sp³-hybridized carbons (Fsp3) is 0.312. The number of hydrogen-bond acceptors (Lipinski definition) is 4. The summed E-state index contributed by atoms with van der Waals surface area (Å²) in [6.07, 6.45) is 2.01. The third-order valence-electron chi connectivity index (χ3n) is 3.65. The van der Waals surface area contributed by atoms with Crippen LogP contribution in [0.1, 0.15) is 26.0 Å². The molecule has 1 aliphatic heterocycles. The molecule has 1 unspecified atom stereocenters. The Bertz CT molecular complexity index is 723. The van der Waals surface area contributed by atoms with E-state index < -0.39 is 0 Å². The number of benzene rings is 1. The van der Waals surface area contributed by atoms with Gasteiger partial charge in [0.2, 0.25) is 0 Å². The SMILES string of the molecule is BrC(Cc1nc2ccccc2o1)c1cc2c(s1)CCSC2. The van der Waals surface area contributed by atoms with Crippen LogP contribution < -0.4 is 0 Å². The molecule has 0 spiro atoms. The van der Waals surface area contributed by atoms with E-state index in [4.69, 9.17) is 4.42 Å². The maximum atomic E-state index is 5.82. The Morgan fingerprint density at radius 1 is 1.33 bits per heavy atom. The van der Waals surface area contributed by atoms with Crippen molar-refractivity contribution >= 4 is 50.1 Å². The Morgan fingerprint density at radius 3 is 3.10 bits per heavy atom. The molecule has 0 N–H and O–H groups in total. The lowest BCUT2D eigenvalue weighted by molar-refractivity contribution is 0.528. The number of rotatable bonds is 3. The molecule has 0 bridgehead atoms. The van der Waals surface area contributed by atoms with Crippen LogP contribution in [0.5, 0.6) is 0 Å². The Balaban J connectivity index is 1.57. The fourth-order valence-corrected chi connectivity index (χ4v) is 5.63. The zero-order valence-corrected chi connectivity index (χ0v) is 14.6. The lowest BCUT2D eigenvalue weighted by atomic mass is 10.2. The number of nitrogens with zero attached hydrogens (tertiary/aromatic N) is 1. The smallest absolute Gasteiger partial charge is 0.196 e. The first-order chi connectivity index (χ1) is 10.3. The summed E-state index contributed by atoms with van der Waals surface area (Å²) in [5.74, 6) is 3.22. The van der Waals surface area contributed by atoms with Gasteiger partial charge in [0, 0.05) is 21.9 Å². The maximum Gasteiger partial charge on any atom is 0.196 e. The minimum Gasteiger partial charge on any atom is -0.441 e. The molecule has 1 atom stereocenters. The van der Waals surface area contributed by atoms with Crippen LogP contribution in [0.4, 0.5) is 0 Å². The van der Waals surface area contributed by atoms with Crippen LogP contribution in [0.2, 0.25) is 0 Å². The Hall–Kier alpha value is -0.780. The van der Waals surface area contributed by atoms with E-state index in [1.165, 1.54) is 22.6 Å². The van der Waals surface area contributed by atoms with Gasteiger partial charge in [-0.1, -0.05) is 28.1 Å². The number of thiophene rings is 1. The van der Waals surface area contributed by atoms with Crippen LogP contribution in [0.3, 0.4) is 0 Å². The van der Waals surface area contributed by atoms with Crippen LogP contribution in [0.25, 0.3) is 11.1 Å². The van der Waals surface area contributed by atoms with Crippen LogP contribution in [-0.4, -0.2) is 10.7 Å². The molecule has 3 heterocycles. The first-order valence-electron chi connectivity index (χ1n) is 6.97. The number of halogens is 1. The molecule has 0 saturated carbocycles. The van der Waals surface area contributed by atoms with Gasteiger partial charge in [-0.15, -0.1) is 11.3 Å². The van der Waals surface area contributed by atoms with Crippen LogP contribution in [0.15, 0.2) is 34.7 Å². The van der Waals surface area contributed by atoms with Crippen LogP contribution >= 0.6 is 39.0 Å². The zero-order chi connectivity index (χ0) is 14.2. The van der Waals surface area contributed by atoms with Crippen molar-refractivity contribution in [3.63, 3.8) is 0 Å². The van der Waals surface area contributed by atoms with E-state index in [0.717, 1.165) is 29.2 Å². The third-order valence-corrected chi connectivity index (χ3v) is 7.13. The monoisotopic (exact) mass is 379 g/mol. The van der Waals surface area contributed by atoms with Crippen molar-refractivity contribution in [2.45, 2.75) is 23.4 Å². The van der Waals surface area contributed by atoms with Gasteiger partial charge in [-0.3, -0.25) is 0 Å². The van der Waals surface area contributed by atoms with Crippen molar-refractivity contribution in [2.24, 2.45) is 0 Å². The number of aromatic nitrogens is 1. The molecule has 0 aliphatic carbocycles. The predicted octanol–water partition coefficient (Wildman–Crippen LogP) is 5.36. The minimum absolute atomic E-state index is 0.283. The molecule has 1 aliphatic rings. The average Bonchev–Trinajstić information content (AvgIpc) is 3.10. The van der Waals surface area contributed by atoms with Crippen molar-refractivity contribution in [1.82, 2.24) is 4.98 Å². The van der Waals surface area contributed by atoms with Gasteiger partial charge in [-0.05, 0) is 35.9 Å². The van der Waals surface area contributed by atoms with Crippen molar-refractivity contribution in [1.29, 1.82) is 0 Å². The quantitative estimate of drug-likeness (QED) is 0.573. The number of alkyl halides is 1. The third kappa shape index (κ3) is 2.79. The summed E-state index contributed by atoms with van der Waals surface area (Å²) in [5.41, 5.74) is 3.33. The van der Waals surface area contributed by atoms with Crippen molar-refractivity contribution in [2.75, 3.05) is 5.75 Å². The molecule has 21 heavy (non-hydrogen) atoms. The Labute approximate surface area is 140 Å². The molecule has 2 aromatic heterocycles. The number of para-hydroxylation sites is 2. The summed E-state index contributed by atoms with van der Waals surface area (Å²) in [5, 5.41) is 0. The van der Waals surface area contributed by atoms with Gasteiger partial charge in [0.15, 0.2) is 11.5 Å². The van der Waals surface area contributed by atoms with E-state index >= 15 is 0 Å². The first-order valence-corrected chi connectivity index (χ1v) is 9.86. The molecule has 4 rings (SSSR count). The van der Waals surface area contributed by atoms with E-state index in [-0.39, 0.29) is 4.83 Å². The highest BCUT2D eigenvalue weighted by Gasteiger charge is 2.19. The number of thioether (sulfide) groups is 1. The first kappa shape index (κ1) is 13.9. The predicted molar refractivity (Wildman–Crippen MR) is 93.6 cm³/mol. The van der Waals surface area contributed by atoms with Crippen LogP contribution in [-0.2, 0) is 18.6 Å². The van der Waals surface area contributed by atoms with Gasteiger partial charge in [0.05, 0.1) is 4.83 Å². The standard InChI is InChI=1S/C16H14BrNOS2/c17-11(15-7-10-9-20-6-5-14(10)21-15)8-16-18-12-3-1-2-4-13(12)19-16/h1-4,7,11H,5-6,8-9H2. The zero-order valence-electron chi connectivity index (χ0n) is 11.3. The van der Waals surface area contributed by atoms with Gasteiger partial charge in [0.1, 0.15) is 5.52 Å². The molecule has 1 aromatic carbocycles.